The number of hydrogen-bond acceptors (Lipinski definition) is 5. The molecule has 1 aliphatic rings. The lowest BCUT2D eigenvalue weighted by molar-refractivity contribution is -0.120. The summed E-state index contributed by atoms with van der Waals surface area (Å²) < 4.78 is 54.8. The standard InChI is InChI=1S/C20H24Cl2N4O5S2/c1-25(2)33(30,31)26-12-4-5-14(13-26)20(27)23-15-8-10-16(11-9-15)32(28,29)24-18-7-3-6-17(21)19(18)22/h3,6-11,14,24H,4-5,12-13H2,1-2H3,(H,23,27)/t14-/m1/s1. The maximum absolute atomic E-state index is 12.7. The summed E-state index contributed by atoms with van der Waals surface area (Å²) >= 11 is 12.0. The van der Waals surface area contributed by atoms with Crippen LogP contribution in [0.25, 0.3) is 0 Å². The summed E-state index contributed by atoms with van der Waals surface area (Å²) in [5, 5.41) is 3.03. The minimum absolute atomic E-state index is 0.0301. The largest absolute Gasteiger partial charge is 0.326 e. The fourth-order valence-electron chi connectivity index (χ4n) is 3.34. The molecule has 1 heterocycles. The smallest absolute Gasteiger partial charge is 0.281 e. The van der Waals surface area contributed by atoms with E-state index in [-0.39, 0.29) is 33.1 Å². The molecule has 0 aliphatic carbocycles. The molecule has 33 heavy (non-hydrogen) atoms. The molecule has 13 heteroatoms. The molecule has 9 nitrogen and oxygen atoms in total. The number of nitrogens with zero attached hydrogens (tertiary/aromatic N) is 2. The van der Waals surface area contributed by atoms with Crippen LogP contribution >= 0.6 is 23.2 Å². The van der Waals surface area contributed by atoms with E-state index in [4.69, 9.17) is 23.2 Å². The van der Waals surface area contributed by atoms with Crippen molar-refractivity contribution < 1.29 is 21.6 Å². The molecule has 2 aromatic rings. The molecule has 0 spiro atoms. The number of halogens is 2. The first-order valence-electron chi connectivity index (χ1n) is 9.97. The molecule has 3 rings (SSSR count). The Morgan fingerprint density at radius 3 is 2.36 bits per heavy atom. The van der Waals surface area contributed by atoms with E-state index in [0.717, 1.165) is 4.31 Å². The highest BCUT2D eigenvalue weighted by Crippen LogP contribution is 2.31. The minimum Gasteiger partial charge on any atom is -0.326 e. The van der Waals surface area contributed by atoms with Crippen LogP contribution < -0.4 is 10.0 Å². The van der Waals surface area contributed by atoms with Crippen LogP contribution in [0.1, 0.15) is 12.8 Å². The predicted molar refractivity (Wildman–Crippen MR) is 129 cm³/mol. The zero-order chi connectivity index (χ0) is 24.4. The molecule has 1 fully saturated rings. The Morgan fingerprint density at radius 1 is 1.06 bits per heavy atom. The van der Waals surface area contributed by atoms with Crippen LogP contribution in [-0.2, 0) is 25.0 Å². The lowest BCUT2D eigenvalue weighted by Gasteiger charge is -2.32. The van der Waals surface area contributed by atoms with Crippen molar-refractivity contribution in [2.75, 3.05) is 37.2 Å². The van der Waals surface area contributed by atoms with Crippen LogP contribution in [-0.4, -0.2) is 58.5 Å². The van der Waals surface area contributed by atoms with Gasteiger partial charge in [0.15, 0.2) is 0 Å². The molecule has 180 valence electrons. The van der Waals surface area contributed by atoms with E-state index in [2.05, 4.69) is 10.0 Å². The van der Waals surface area contributed by atoms with Crippen molar-refractivity contribution in [2.45, 2.75) is 17.7 Å². The summed E-state index contributed by atoms with van der Waals surface area (Å²) in [6, 6.07) is 10.2. The molecule has 0 radical (unpaired) electrons. The van der Waals surface area contributed by atoms with Crippen LogP contribution in [0.15, 0.2) is 47.4 Å². The van der Waals surface area contributed by atoms with Gasteiger partial charge in [-0.15, -0.1) is 0 Å². The van der Waals surface area contributed by atoms with Crippen LogP contribution in [0, 0.1) is 5.92 Å². The van der Waals surface area contributed by atoms with Gasteiger partial charge in [0.25, 0.3) is 20.2 Å². The van der Waals surface area contributed by atoms with Crippen molar-refractivity contribution in [1.82, 2.24) is 8.61 Å². The summed E-state index contributed by atoms with van der Waals surface area (Å²) in [6.07, 6.45) is 1.13. The average Bonchev–Trinajstić information content (AvgIpc) is 2.77. The summed E-state index contributed by atoms with van der Waals surface area (Å²) in [7, 11) is -4.64. The van der Waals surface area contributed by atoms with E-state index in [1.54, 1.807) is 12.1 Å². The Bertz CT molecular complexity index is 1240. The Hall–Kier alpha value is -1.89. The van der Waals surface area contributed by atoms with Gasteiger partial charge in [0.2, 0.25) is 5.91 Å². The molecule has 1 aliphatic heterocycles. The third-order valence-electron chi connectivity index (χ3n) is 5.17. The van der Waals surface area contributed by atoms with E-state index in [9.17, 15) is 21.6 Å². The van der Waals surface area contributed by atoms with Crippen molar-refractivity contribution in [3.8, 4) is 0 Å². The van der Waals surface area contributed by atoms with Gasteiger partial charge in [-0.25, -0.2) is 8.42 Å². The summed E-state index contributed by atoms with van der Waals surface area (Å²) in [4.78, 5) is 12.7. The first-order valence-corrected chi connectivity index (χ1v) is 13.6. The Kier molecular flexibility index (Phi) is 7.92. The van der Waals surface area contributed by atoms with Crippen molar-refractivity contribution in [2.24, 2.45) is 5.92 Å². The van der Waals surface area contributed by atoms with Crippen LogP contribution in [0.4, 0.5) is 11.4 Å². The van der Waals surface area contributed by atoms with Crippen molar-refractivity contribution in [3.05, 3.63) is 52.5 Å². The third-order valence-corrected chi connectivity index (χ3v) is 9.28. The molecule has 0 bridgehead atoms. The molecule has 0 saturated carbocycles. The van der Waals surface area contributed by atoms with Gasteiger partial charge < -0.3 is 5.32 Å². The molecule has 1 atom stereocenters. The number of benzene rings is 2. The number of hydrogen-bond donors (Lipinski definition) is 2. The zero-order valence-electron chi connectivity index (χ0n) is 18.0. The number of rotatable bonds is 7. The maximum atomic E-state index is 12.7. The van der Waals surface area contributed by atoms with Crippen LogP contribution in [0.2, 0.25) is 10.0 Å². The van der Waals surface area contributed by atoms with Gasteiger partial charge in [0.1, 0.15) is 0 Å². The van der Waals surface area contributed by atoms with E-state index in [1.807, 2.05) is 0 Å². The number of amides is 1. The van der Waals surface area contributed by atoms with E-state index in [1.165, 1.54) is 48.7 Å². The van der Waals surface area contributed by atoms with Gasteiger partial charge in [-0.05, 0) is 49.2 Å². The van der Waals surface area contributed by atoms with Gasteiger partial charge in [-0.2, -0.15) is 17.0 Å². The SMILES string of the molecule is CN(C)S(=O)(=O)N1CCC[C@@H](C(=O)Nc2ccc(S(=O)(=O)Nc3cccc(Cl)c3Cl)cc2)C1. The van der Waals surface area contributed by atoms with Crippen molar-refractivity contribution in [1.29, 1.82) is 0 Å². The lowest BCUT2D eigenvalue weighted by Crippen LogP contribution is -2.47. The fraction of sp³-hybridized carbons (Fsp3) is 0.350. The Labute approximate surface area is 203 Å². The number of carbonyl (C=O) groups excluding carboxylic acids is 1. The van der Waals surface area contributed by atoms with Gasteiger partial charge in [0.05, 0.1) is 26.5 Å². The molecule has 2 N–H and O–H groups in total. The first-order chi connectivity index (χ1) is 15.4. The highest BCUT2D eigenvalue weighted by Gasteiger charge is 2.33. The topological polar surface area (TPSA) is 116 Å². The monoisotopic (exact) mass is 534 g/mol. The second-order valence-corrected chi connectivity index (χ2v) is 12.3. The molecule has 1 amide bonds. The van der Waals surface area contributed by atoms with Crippen LogP contribution in [0.3, 0.4) is 0 Å². The lowest BCUT2D eigenvalue weighted by atomic mass is 9.99. The zero-order valence-corrected chi connectivity index (χ0v) is 21.1. The van der Waals surface area contributed by atoms with E-state index < -0.39 is 26.2 Å². The van der Waals surface area contributed by atoms with Gasteiger partial charge in [-0.3, -0.25) is 9.52 Å². The van der Waals surface area contributed by atoms with E-state index in [0.29, 0.717) is 25.1 Å². The number of anilines is 2. The van der Waals surface area contributed by atoms with Gasteiger partial charge >= 0.3 is 0 Å². The molecule has 0 aromatic heterocycles. The Morgan fingerprint density at radius 2 is 1.73 bits per heavy atom. The Balaban J connectivity index is 1.67. The molecular weight excluding hydrogens is 511 g/mol. The van der Waals surface area contributed by atoms with E-state index >= 15 is 0 Å². The number of carbonyl (C=O) groups is 1. The average molecular weight is 535 g/mol. The minimum atomic E-state index is -3.93. The molecule has 2 aromatic carbocycles. The first kappa shape index (κ1) is 25.7. The highest BCUT2D eigenvalue weighted by molar-refractivity contribution is 7.92. The fourth-order valence-corrected chi connectivity index (χ4v) is 6.01. The second-order valence-electron chi connectivity index (χ2n) is 7.71. The number of piperidine rings is 1. The molecule has 0 unspecified atom stereocenters. The normalized spacial score (nSPS) is 17.7. The summed E-state index contributed by atoms with van der Waals surface area (Å²) in [5.74, 6) is -0.836. The number of sulfonamides is 1. The third kappa shape index (κ3) is 5.97. The van der Waals surface area contributed by atoms with Crippen molar-refractivity contribution >= 4 is 60.7 Å². The van der Waals surface area contributed by atoms with Gasteiger partial charge in [0, 0.05) is 32.9 Å². The predicted octanol–water partition coefficient (Wildman–Crippen LogP) is 3.25. The molecular formula is C20H24Cl2N4O5S2. The van der Waals surface area contributed by atoms with Crippen LogP contribution in [0.5, 0.6) is 0 Å². The highest BCUT2D eigenvalue weighted by atomic mass is 35.5. The van der Waals surface area contributed by atoms with Gasteiger partial charge in [-0.1, -0.05) is 29.3 Å². The quantitative estimate of drug-likeness (QED) is 0.565. The maximum Gasteiger partial charge on any atom is 0.281 e. The summed E-state index contributed by atoms with van der Waals surface area (Å²) in [6.45, 7) is 0.448. The summed E-state index contributed by atoms with van der Waals surface area (Å²) in [5.41, 5.74) is 0.545. The second kappa shape index (κ2) is 10.2. The number of nitrogens with one attached hydrogen (secondary N) is 2. The molecule has 1 saturated heterocycles. The van der Waals surface area contributed by atoms with Crippen molar-refractivity contribution in [3.63, 3.8) is 0 Å².